The number of para-hydroxylation sites is 1. The summed E-state index contributed by atoms with van der Waals surface area (Å²) in [7, 11) is 0. The Hall–Kier alpha value is -3.08. The lowest BCUT2D eigenvalue weighted by molar-refractivity contribution is -0.134. The van der Waals surface area contributed by atoms with Gasteiger partial charge in [-0.15, -0.1) is 0 Å². The number of aromatic amines is 1. The molecule has 2 aliphatic rings. The number of hydrogen-bond acceptors (Lipinski definition) is 2. The van der Waals surface area contributed by atoms with Gasteiger partial charge in [-0.2, -0.15) is 0 Å². The molecule has 1 N–H and O–H groups in total. The highest BCUT2D eigenvalue weighted by Crippen LogP contribution is 2.48. The second kappa shape index (κ2) is 6.82. The number of amides is 2. The van der Waals surface area contributed by atoms with Gasteiger partial charge in [0.2, 0.25) is 5.91 Å². The molecule has 2 atom stereocenters. The topological polar surface area (TPSA) is 56.4 Å². The SMILES string of the molecule is O=C(c1cc2ccccc2[nH]1)N1CCN(C(=O)C2CC2c2ccccc2)CC1. The lowest BCUT2D eigenvalue weighted by atomic mass is 10.1. The van der Waals surface area contributed by atoms with Crippen LogP contribution in [0.5, 0.6) is 0 Å². The van der Waals surface area contributed by atoms with Gasteiger partial charge in [-0.25, -0.2) is 0 Å². The summed E-state index contributed by atoms with van der Waals surface area (Å²) in [4.78, 5) is 32.6. The minimum Gasteiger partial charge on any atom is -0.351 e. The first-order valence-electron chi connectivity index (χ1n) is 9.91. The van der Waals surface area contributed by atoms with Crippen LogP contribution >= 0.6 is 0 Å². The second-order valence-corrected chi connectivity index (χ2v) is 7.75. The van der Waals surface area contributed by atoms with Crippen molar-refractivity contribution in [3.63, 3.8) is 0 Å². The van der Waals surface area contributed by atoms with Crippen molar-refractivity contribution < 1.29 is 9.59 Å². The van der Waals surface area contributed by atoms with Crippen LogP contribution in [0.4, 0.5) is 0 Å². The monoisotopic (exact) mass is 373 g/mol. The maximum absolute atomic E-state index is 12.8. The molecule has 2 amide bonds. The third-order valence-electron chi connectivity index (χ3n) is 5.97. The maximum atomic E-state index is 12.8. The van der Waals surface area contributed by atoms with Crippen LogP contribution in [0.2, 0.25) is 0 Å². The molecule has 5 nitrogen and oxygen atoms in total. The number of hydrogen-bond donors (Lipinski definition) is 1. The summed E-state index contributed by atoms with van der Waals surface area (Å²) in [5.74, 6) is 0.724. The summed E-state index contributed by atoms with van der Waals surface area (Å²) >= 11 is 0. The van der Waals surface area contributed by atoms with Crippen molar-refractivity contribution in [2.45, 2.75) is 12.3 Å². The van der Waals surface area contributed by atoms with E-state index in [1.165, 1.54) is 5.56 Å². The highest BCUT2D eigenvalue weighted by atomic mass is 16.2. The van der Waals surface area contributed by atoms with E-state index in [0.29, 0.717) is 37.8 Å². The summed E-state index contributed by atoms with van der Waals surface area (Å²) in [5.41, 5.74) is 2.85. The van der Waals surface area contributed by atoms with Crippen LogP contribution in [0.3, 0.4) is 0 Å². The van der Waals surface area contributed by atoms with E-state index >= 15 is 0 Å². The highest BCUT2D eigenvalue weighted by Gasteiger charge is 2.46. The maximum Gasteiger partial charge on any atom is 0.270 e. The summed E-state index contributed by atoms with van der Waals surface area (Å²) in [6, 6.07) is 20.1. The van der Waals surface area contributed by atoms with E-state index in [0.717, 1.165) is 17.3 Å². The predicted molar refractivity (Wildman–Crippen MR) is 108 cm³/mol. The summed E-state index contributed by atoms with van der Waals surface area (Å²) < 4.78 is 0. The standard InChI is InChI=1S/C23H23N3O2/c27-22(19-15-18(19)16-6-2-1-3-7-16)25-10-12-26(13-11-25)23(28)21-14-17-8-4-5-9-20(17)24-21/h1-9,14,18-19,24H,10-13,15H2. The predicted octanol–water partition coefficient (Wildman–Crippen LogP) is 3.26. The van der Waals surface area contributed by atoms with Gasteiger partial charge in [0.25, 0.3) is 5.91 Å². The molecule has 142 valence electrons. The Morgan fingerprint density at radius 1 is 0.857 bits per heavy atom. The molecule has 1 aliphatic heterocycles. The Bertz CT molecular complexity index is 986. The summed E-state index contributed by atoms with van der Waals surface area (Å²) in [6.45, 7) is 2.40. The number of H-pyrrole nitrogens is 1. The number of nitrogens with zero attached hydrogens (tertiary/aromatic N) is 2. The molecule has 2 fully saturated rings. The molecule has 2 aromatic carbocycles. The fourth-order valence-corrected chi connectivity index (χ4v) is 4.26. The van der Waals surface area contributed by atoms with Crippen molar-refractivity contribution in [1.29, 1.82) is 0 Å². The Labute approximate surface area is 163 Å². The Morgan fingerprint density at radius 2 is 1.54 bits per heavy atom. The lowest BCUT2D eigenvalue weighted by Gasteiger charge is -2.34. The summed E-state index contributed by atoms with van der Waals surface area (Å²) in [6.07, 6.45) is 0.942. The molecule has 1 aromatic heterocycles. The third kappa shape index (κ3) is 3.07. The Balaban J connectivity index is 1.19. The van der Waals surface area contributed by atoms with Crippen LogP contribution in [-0.4, -0.2) is 52.8 Å². The van der Waals surface area contributed by atoms with Gasteiger partial charge in [0.05, 0.1) is 0 Å². The molecule has 5 heteroatoms. The van der Waals surface area contributed by atoms with Crippen molar-refractivity contribution in [3.05, 3.63) is 71.9 Å². The van der Waals surface area contributed by atoms with Gasteiger partial charge in [0.15, 0.2) is 0 Å². The number of benzene rings is 2. The molecule has 1 saturated heterocycles. The molecular formula is C23H23N3O2. The molecule has 0 spiro atoms. The van der Waals surface area contributed by atoms with Gasteiger partial charge >= 0.3 is 0 Å². The number of aromatic nitrogens is 1. The minimum atomic E-state index is 0.0110. The largest absolute Gasteiger partial charge is 0.351 e. The van der Waals surface area contributed by atoms with E-state index in [1.54, 1.807) is 0 Å². The first kappa shape index (κ1) is 17.0. The first-order chi connectivity index (χ1) is 13.7. The van der Waals surface area contributed by atoms with Crippen molar-refractivity contribution in [2.24, 2.45) is 5.92 Å². The number of fused-ring (bicyclic) bond motifs is 1. The zero-order valence-electron chi connectivity index (χ0n) is 15.7. The highest BCUT2D eigenvalue weighted by molar-refractivity contribution is 5.98. The van der Waals surface area contributed by atoms with Gasteiger partial charge in [-0.05, 0) is 30.0 Å². The van der Waals surface area contributed by atoms with Crippen LogP contribution in [0, 0.1) is 5.92 Å². The average molecular weight is 373 g/mol. The number of piperazine rings is 1. The fourth-order valence-electron chi connectivity index (χ4n) is 4.26. The molecule has 28 heavy (non-hydrogen) atoms. The zero-order chi connectivity index (χ0) is 19.1. The molecule has 2 heterocycles. The average Bonchev–Trinajstić information content (AvgIpc) is 3.44. The minimum absolute atomic E-state index is 0.0110. The van der Waals surface area contributed by atoms with Crippen molar-refractivity contribution in [3.8, 4) is 0 Å². The number of carbonyl (C=O) groups excluding carboxylic acids is 2. The molecule has 0 radical (unpaired) electrons. The molecule has 2 unspecified atom stereocenters. The Morgan fingerprint density at radius 3 is 2.29 bits per heavy atom. The van der Waals surface area contributed by atoms with Crippen LogP contribution in [0.15, 0.2) is 60.7 Å². The van der Waals surface area contributed by atoms with E-state index in [4.69, 9.17) is 0 Å². The number of rotatable bonds is 3. The molecule has 0 bridgehead atoms. The smallest absolute Gasteiger partial charge is 0.270 e. The van der Waals surface area contributed by atoms with E-state index in [2.05, 4.69) is 17.1 Å². The van der Waals surface area contributed by atoms with E-state index in [1.807, 2.05) is 58.3 Å². The third-order valence-corrected chi connectivity index (χ3v) is 5.97. The lowest BCUT2D eigenvalue weighted by Crippen LogP contribution is -2.51. The number of carbonyl (C=O) groups is 2. The first-order valence-corrected chi connectivity index (χ1v) is 9.91. The zero-order valence-corrected chi connectivity index (χ0v) is 15.7. The van der Waals surface area contributed by atoms with Gasteiger partial charge in [0, 0.05) is 43.0 Å². The van der Waals surface area contributed by atoms with Gasteiger partial charge in [0.1, 0.15) is 5.69 Å². The van der Waals surface area contributed by atoms with Crippen LogP contribution in [-0.2, 0) is 4.79 Å². The van der Waals surface area contributed by atoms with Gasteiger partial charge in [-0.3, -0.25) is 9.59 Å². The summed E-state index contributed by atoms with van der Waals surface area (Å²) in [5, 5.41) is 1.04. The fraction of sp³-hybridized carbons (Fsp3) is 0.304. The van der Waals surface area contributed by atoms with Crippen LogP contribution in [0.1, 0.15) is 28.4 Å². The van der Waals surface area contributed by atoms with Gasteiger partial charge < -0.3 is 14.8 Å². The second-order valence-electron chi connectivity index (χ2n) is 7.75. The Kier molecular flexibility index (Phi) is 4.15. The van der Waals surface area contributed by atoms with E-state index < -0.39 is 0 Å². The molecule has 5 rings (SSSR count). The molecule has 1 saturated carbocycles. The van der Waals surface area contributed by atoms with Gasteiger partial charge in [-0.1, -0.05) is 48.5 Å². The van der Waals surface area contributed by atoms with Crippen molar-refractivity contribution in [1.82, 2.24) is 14.8 Å². The number of nitrogens with one attached hydrogen (secondary N) is 1. The quantitative estimate of drug-likeness (QED) is 0.766. The van der Waals surface area contributed by atoms with Crippen LogP contribution < -0.4 is 0 Å². The van der Waals surface area contributed by atoms with E-state index in [9.17, 15) is 9.59 Å². The van der Waals surface area contributed by atoms with Crippen molar-refractivity contribution >= 4 is 22.7 Å². The van der Waals surface area contributed by atoms with Crippen LogP contribution in [0.25, 0.3) is 10.9 Å². The van der Waals surface area contributed by atoms with Crippen molar-refractivity contribution in [2.75, 3.05) is 26.2 Å². The van der Waals surface area contributed by atoms with E-state index in [-0.39, 0.29) is 17.7 Å². The molecule has 3 aromatic rings. The normalized spacial score (nSPS) is 21.7. The molecule has 1 aliphatic carbocycles. The molecular weight excluding hydrogens is 350 g/mol.